The molecule has 39 heavy (non-hydrogen) atoms. The van der Waals surface area contributed by atoms with Gasteiger partial charge in [0.05, 0.1) is 46.8 Å². The van der Waals surface area contributed by atoms with Crippen LogP contribution in [0.25, 0.3) is 12.2 Å². The molecular formula is C29H28F3NO6. The summed E-state index contributed by atoms with van der Waals surface area (Å²) in [5, 5.41) is 2.99. The van der Waals surface area contributed by atoms with E-state index >= 15 is 0 Å². The normalized spacial score (nSPS) is 11.5. The molecule has 1 N–H and O–H groups in total. The molecule has 0 amide bonds. The molecular weight excluding hydrogens is 515 g/mol. The van der Waals surface area contributed by atoms with E-state index in [0.717, 1.165) is 35.4 Å². The number of nitrogens with one attached hydrogen (secondary N) is 1. The maximum absolute atomic E-state index is 12.8. The molecule has 0 radical (unpaired) electrons. The number of anilines is 1. The summed E-state index contributed by atoms with van der Waals surface area (Å²) in [7, 11) is 7.57. The minimum atomic E-state index is -4.47. The Morgan fingerprint density at radius 3 is 1.67 bits per heavy atom. The molecule has 0 aliphatic heterocycles. The smallest absolute Gasteiger partial charge is 0.416 e. The van der Waals surface area contributed by atoms with Crippen LogP contribution in [0.5, 0.6) is 28.7 Å². The van der Waals surface area contributed by atoms with Crippen LogP contribution < -0.4 is 29.0 Å². The molecule has 0 aliphatic carbocycles. The number of halogens is 3. The van der Waals surface area contributed by atoms with Crippen LogP contribution in [0.15, 0.2) is 60.8 Å². The average molecular weight is 544 g/mol. The monoisotopic (exact) mass is 543 g/mol. The van der Waals surface area contributed by atoms with Gasteiger partial charge in [-0.15, -0.1) is 0 Å². The van der Waals surface area contributed by atoms with Crippen LogP contribution in [0, 0.1) is 0 Å². The third-order valence-corrected chi connectivity index (χ3v) is 5.63. The Kier molecular flexibility index (Phi) is 9.48. The molecule has 0 bridgehead atoms. The summed E-state index contributed by atoms with van der Waals surface area (Å²) in [4.78, 5) is 12.4. The lowest BCUT2D eigenvalue weighted by Crippen LogP contribution is -2.05. The van der Waals surface area contributed by atoms with E-state index in [1.807, 2.05) is 12.2 Å². The van der Waals surface area contributed by atoms with Crippen molar-refractivity contribution in [3.8, 4) is 28.7 Å². The van der Waals surface area contributed by atoms with Gasteiger partial charge in [-0.05, 0) is 47.5 Å². The molecule has 3 aromatic carbocycles. The Bertz CT molecular complexity index is 1340. The molecule has 3 aromatic rings. The first kappa shape index (κ1) is 29.0. The van der Waals surface area contributed by atoms with Gasteiger partial charge in [0.15, 0.2) is 28.8 Å². The zero-order valence-corrected chi connectivity index (χ0v) is 22.0. The van der Waals surface area contributed by atoms with Gasteiger partial charge in [-0.1, -0.05) is 24.3 Å². The van der Waals surface area contributed by atoms with Crippen molar-refractivity contribution in [3.05, 3.63) is 83.1 Å². The molecule has 0 spiro atoms. The van der Waals surface area contributed by atoms with Gasteiger partial charge in [0.25, 0.3) is 0 Å². The Hall–Kier alpha value is -4.60. The van der Waals surface area contributed by atoms with Crippen molar-refractivity contribution in [1.29, 1.82) is 0 Å². The maximum atomic E-state index is 12.8. The quantitative estimate of drug-likeness (QED) is 0.163. The summed E-state index contributed by atoms with van der Waals surface area (Å²) in [5.41, 5.74) is 1.32. The predicted octanol–water partition coefficient (Wildman–Crippen LogP) is 6.73. The Balaban J connectivity index is 1.86. The standard InChI is InChI=1S/C29H28F3NO6/c1-35-24-15-18(6-7-19-16-25(36-2)28(39-5)26(17-19)37-3)14-22(27(24)38-4)33-13-12-23(34)20-8-10-21(11-9-20)29(30,31)32/h6-17,33H,1-5H3. The highest BCUT2D eigenvalue weighted by Gasteiger charge is 2.30. The summed E-state index contributed by atoms with van der Waals surface area (Å²) < 4.78 is 65.4. The molecule has 7 nitrogen and oxygen atoms in total. The van der Waals surface area contributed by atoms with Crippen LogP contribution in [-0.2, 0) is 6.18 Å². The number of hydrogen-bond donors (Lipinski definition) is 1. The summed E-state index contributed by atoms with van der Waals surface area (Å²) in [6.07, 6.45) is 1.81. The lowest BCUT2D eigenvalue weighted by atomic mass is 10.1. The van der Waals surface area contributed by atoms with E-state index < -0.39 is 17.5 Å². The van der Waals surface area contributed by atoms with Gasteiger partial charge in [0.1, 0.15) is 0 Å². The molecule has 0 aromatic heterocycles. The van der Waals surface area contributed by atoms with Crippen molar-refractivity contribution in [1.82, 2.24) is 0 Å². The highest BCUT2D eigenvalue weighted by molar-refractivity contribution is 6.04. The van der Waals surface area contributed by atoms with Crippen molar-refractivity contribution >= 4 is 23.6 Å². The molecule has 0 fully saturated rings. The van der Waals surface area contributed by atoms with Crippen molar-refractivity contribution in [2.75, 3.05) is 40.9 Å². The van der Waals surface area contributed by atoms with Crippen LogP contribution in [0.2, 0.25) is 0 Å². The van der Waals surface area contributed by atoms with Gasteiger partial charge in [-0.25, -0.2) is 0 Å². The van der Waals surface area contributed by atoms with Crippen LogP contribution in [0.4, 0.5) is 18.9 Å². The second kappa shape index (κ2) is 12.8. The number of ether oxygens (including phenoxy) is 5. The van der Waals surface area contributed by atoms with E-state index in [2.05, 4.69) is 5.32 Å². The highest BCUT2D eigenvalue weighted by atomic mass is 19.4. The number of alkyl halides is 3. The average Bonchev–Trinajstić information content (AvgIpc) is 2.94. The van der Waals surface area contributed by atoms with Crippen LogP contribution in [0.3, 0.4) is 0 Å². The summed E-state index contributed by atoms with van der Waals surface area (Å²) in [5.74, 6) is 1.86. The fourth-order valence-corrected chi connectivity index (χ4v) is 3.71. The summed E-state index contributed by atoms with van der Waals surface area (Å²) in [6, 6.07) is 11.2. The molecule has 0 unspecified atom stereocenters. The van der Waals surface area contributed by atoms with Crippen molar-refractivity contribution in [2.45, 2.75) is 6.18 Å². The molecule has 206 valence electrons. The molecule has 0 saturated carbocycles. The van der Waals surface area contributed by atoms with E-state index in [0.29, 0.717) is 34.4 Å². The van der Waals surface area contributed by atoms with Gasteiger partial charge >= 0.3 is 6.18 Å². The topological polar surface area (TPSA) is 75.3 Å². The number of hydrogen-bond acceptors (Lipinski definition) is 7. The summed E-state index contributed by atoms with van der Waals surface area (Å²) >= 11 is 0. The zero-order chi connectivity index (χ0) is 28.6. The number of ketones is 1. The second-order valence-electron chi connectivity index (χ2n) is 8.01. The van der Waals surface area contributed by atoms with Crippen LogP contribution >= 0.6 is 0 Å². The van der Waals surface area contributed by atoms with E-state index in [1.54, 1.807) is 24.3 Å². The van der Waals surface area contributed by atoms with Crippen molar-refractivity contribution < 1.29 is 41.7 Å². The van der Waals surface area contributed by atoms with Crippen molar-refractivity contribution in [3.63, 3.8) is 0 Å². The van der Waals surface area contributed by atoms with E-state index in [4.69, 9.17) is 23.7 Å². The number of carbonyl (C=O) groups is 1. The van der Waals surface area contributed by atoms with Gasteiger partial charge in [-0.3, -0.25) is 4.79 Å². The van der Waals surface area contributed by atoms with Gasteiger partial charge in [0.2, 0.25) is 5.75 Å². The minimum absolute atomic E-state index is 0.118. The zero-order valence-electron chi connectivity index (χ0n) is 22.0. The van der Waals surface area contributed by atoms with Crippen molar-refractivity contribution in [2.24, 2.45) is 0 Å². The number of allylic oxidation sites excluding steroid dienone is 1. The second-order valence-corrected chi connectivity index (χ2v) is 8.01. The number of methoxy groups -OCH3 is 5. The molecule has 3 rings (SSSR count). The van der Waals surface area contributed by atoms with E-state index in [1.165, 1.54) is 47.8 Å². The highest BCUT2D eigenvalue weighted by Crippen LogP contribution is 2.40. The Morgan fingerprint density at radius 1 is 0.718 bits per heavy atom. The predicted molar refractivity (Wildman–Crippen MR) is 143 cm³/mol. The fraction of sp³-hybridized carbons (Fsp3) is 0.207. The first-order valence-electron chi connectivity index (χ1n) is 11.5. The van der Waals surface area contributed by atoms with Gasteiger partial charge in [0, 0.05) is 17.8 Å². The lowest BCUT2D eigenvalue weighted by Gasteiger charge is -2.14. The largest absolute Gasteiger partial charge is 0.493 e. The molecule has 0 aliphatic rings. The SMILES string of the molecule is COc1cc(C=Cc2cc(OC)c(OC)c(OC)c2)cc(NC=CC(=O)c2ccc(C(F)(F)F)cc2)c1OC. The number of rotatable bonds is 11. The van der Waals surface area contributed by atoms with Crippen LogP contribution in [0.1, 0.15) is 27.0 Å². The molecule has 0 saturated heterocycles. The maximum Gasteiger partial charge on any atom is 0.416 e. The third-order valence-electron chi connectivity index (χ3n) is 5.63. The van der Waals surface area contributed by atoms with E-state index in [9.17, 15) is 18.0 Å². The molecule has 0 heterocycles. The fourth-order valence-electron chi connectivity index (χ4n) is 3.71. The minimum Gasteiger partial charge on any atom is -0.493 e. The van der Waals surface area contributed by atoms with Gasteiger partial charge in [-0.2, -0.15) is 13.2 Å². The molecule has 0 atom stereocenters. The third kappa shape index (κ3) is 7.04. The Morgan fingerprint density at radius 2 is 1.21 bits per heavy atom. The lowest BCUT2D eigenvalue weighted by molar-refractivity contribution is -0.137. The molecule has 10 heteroatoms. The first-order valence-corrected chi connectivity index (χ1v) is 11.5. The first-order chi connectivity index (χ1) is 18.6. The van der Waals surface area contributed by atoms with Crippen LogP contribution in [-0.4, -0.2) is 41.3 Å². The number of carbonyl (C=O) groups excluding carboxylic acids is 1. The summed E-state index contributed by atoms with van der Waals surface area (Å²) in [6.45, 7) is 0. The Labute approximate surface area is 224 Å². The van der Waals surface area contributed by atoms with Gasteiger partial charge < -0.3 is 29.0 Å². The number of benzene rings is 3. The van der Waals surface area contributed by atoms with E-state index in [-0.39, 0.29) is 5.56 Å².